The fraction of sp³-hybridized carbons (Fsp3) is 0.900. The van der Waals surface area contributed by atoms with Gasteiger partial charge in [0.15, 0.2) is 0 Å². The molecule has 0 radical (unpaired) electrons. The Morgan fingerprint density at radius 3 is 2.33 bits per heavy atom. The summed E-state index contributed by atoms with van der Waals surface area (Å²) in [6, 6.07) is 0. The Bertz CT molecular complexity index is 158. The molecule has 0 spiro atoms. The number of halogens is 1. The molecule has 0 saturated heterocycles. The Balaban J connectivity index is 2.95. The lowest BCUT2D eigenvalue weighted by molar-refractivity contribution is -0.123. The minimum Gasteiger partial charge on any atom is -0.372 e. The second-order valence-electron chi connectivity index (χ2n) is 3.40. The van der Waals surface area contributed by atoms with Crippen LogP contribution in [0.4, 0.5) is 0 Å². The van der Waals surface area contributed by atoms with Crippen LogP contribution in [0.5, 0.6) is 0 Å². The summed E-state index contributed by atoms with van der Waals surface area (Å²) in [5.41, 5.74) is 0. The summed E-state index contributed by atoms with van der Waals surface area (Å²) >= 11 is 7.03. The third kappa shape index (κ3) is 12.2. The van der Waals surface area contributed by atoms with E-state index in [9.17, 15) is 4.79 Å². The van der Waals surface area contributed by atoms with Gasteiger partial charge in [-0.1, -0.05) is 54.4 Å². The zero-order valence-corrected chi connectivity index (χ0v) is 11.5. The molecule has 0 aliphatic rings. The molecule has 0 aliphatic carbocycles. The molecule has 15 heavy (non-hydrogen) atoms. The average Bonchev–Trinajstić information content (AvgIpc) is 2.26. The van der Waals surface area contributed by atoms with Crippen molar-refractivity contribution in [2.45, 2.75) is 38.5 Å². The molecule has 1 N–H and O–H groups in total. The molecule has 90 valence electrons. The number of carbonyl (C=O) groups is 1. The Morgan fingerprint density at radius 1 is 1.13 bits per heavy atom. The lowest BCUT2D eigenvalue weighted by Crippen LogP contribution is -2.19. The van der Waals surface area contributed by atoms with Gasteiger partial charge in [0.2, 0.25) is 0 Å². The van der Waals surface area contributed by atoms with Crippen LogP contribution in [-0.2, 0) is 9.53 Å². The summed E-state index contributed by atoms with van der Waals surface area (Å²) in [7, 11) is 0. The monoisotopic (exact) mass is 297 g/mol. The first-order chi connectivity index (χ1) is 7.31. The molecule has 0 fully saturated rings. The first kappa shape index (κ1) is 15.3. The summed E-state index contributed by atoms with van der Waals surface area (Å²) in [5.74, 6) is -0.185. The number of unbranched alkanes of at least 4 members (excludes halogenated alkanes) is 5. The zero-order chi connectivity index (χ0) is 11.4. The Kier molecular flexibility index (Phi) is 12.5. The van der Waals surface area contributed by atoms with Crippen LogP contribution in [0.1, 0.15) is 38.5 Å². The van der Waals surface area contributed by atoms with Crippen LogP contribution in [0, 0.1) is 0 Å². The summed E-state index contributed by atoms with van der Waals surface area (Å²) in [4.78, 5) is 10.7. The molecule has 5 heteroatoms. The molecule has 0 rings (SSSR count). The number of hydrogen-bond donors (Lipinski definition) is 2. The van der Waals surface area contributed by atoms with Crippen LogP contribution in [-0.4, -0.2) is 24.5 Å². The number of carbonyl (C=O) groups excluding carboxylic acids is 1. The van der Waals surface area contributed by atoms with Crippen molar-refractivity contribution in [2.75, 3.05) is 18.5 Å². The molecular formula is C10H20BrNO2S. The van der Waals surface area contributed by atoms with Crippen molar-refractivity contribution in [2.24, 2.45) is 0 Å². The van der Waals surface area contributed by atoms with E-state index >= 15 is 0 Å². The second kappa shape index (κ2) is 12.3. The van der Waals surface area contributed by atoms with Gasteiger partial charge in [0.25, 0.3) is 5.91 Å². The van der Waals surface area contributed by atoms with Gasteiger partial charge in [-0.05, 0) is 12.8 Å². The number of nitrogens with one attached hydrogen (secondary N) is 1. The normalized spacial score (nSPS) is 10.3. The molecule has 0 aromatic rings. The Morgan fingerprint density at radius 2 is 1.73 bits per heavy atom. The van der Waals surface area contributed by atoms with Crippen molar-refractivity contribution in [1.82, 2.24) is 4.72 Å². The molecule has 0 aliphatic heterocycles. The predicted octanol–water partition coefficient (Wildman–Crippen LogP) is 2.70. The maximum absolute atomic E-state index is 10.7. The number of hydrogen-bond acceptors (Lipinski definition) is 3. The summed E-state index contributed by atoms with van der Waals surface area (Å²) in [6.07, 6.45) is 7.34. The van der Waals surface area contributed by atoms with Crippen molar-refractivity contribution < 1.29 is 9.53 Å². The van der Waals surface area contributed by atoms with Gasteiger partial charge < -0.3 is 9.46 Å². The van der Waals surface area contributed by atoms with Gasteiger partial charge in [-0.3, -0.25) is 4.79 Å². The molecule has 0 heterocycles. The highest BCUT2D eigenvalue weighted by atomic mass is 79.9. The van der Waals surface area contributed by atoms with Crippen LogP contribution in [0.2, 0.25) is 0 Å². The third-order valence-electron chi connectivity index (χ3n) is 2.03. The minimum atomic E-state index is -0.185. The highest BCUT2D eigenvalue weighted by molar-refractivity contribution is 9.09. The molecule has 0 atom stereocenters. The first-order valence-electron chi connectivity index (χ1n) is 5.38. The van der Waals surface area contributed by atoms with Crippen molar-refractivity contribution in [1.29, 1.82) is 0 Å². The minimum absolute atomic E-state index is 0.118. The van der Waals surface area contributed by atoms with Crippen molar-refractivity contribution >= 4 is 34.7 Å². The first-order valence-corrected chi connectivity index (χ1v) is 6.94. The zero-order valence-electron chi connectivity index (χ0n) is 9.01. The standard InChI is InChI=1S/C10H20BrNO2S/c11-7-5-3-1-2-4-6-8-14-9-10(13)12-15/h15H,1-9H2,(H,12,13). The van der Waals surface area contributed by atoms with Gasteiger partial charge in [-0.15, -0.1) is 0 Å². The number of amides is 1. The second-order valence-corrected chi connectivity index (χ2v) is 4.41. The van der Waals surface area contributed by atoms with Crippen LogP contribution >= 0.6 is 28.7 Å². The van der Waals surface area contributed by atoms with E-state index in [4.69, 9.17) is 4.74 Å². The van der Waals surface area contributed by atoms with E-state index in [-0.39, 0.29) is 12.5 Å². The van der Waals surface area contributed by atoms with Gasteiger partial charge in [-0.2, -0.15) is 0 Å². The fourth-order valence-corrected chi connectivity index (χ4v) is 1.66. The van der Waals surface area contributed by atoms with Crippen molar-refractivity contribution in [3.05, 3.63) is 0 Å². The van der Waals surface area contributed by atoms with Gasteiger partial charge in [0, 0.05) is 11.9 Å². The Hall–Kier alpha value is 0.260. The smallest absolute Gasteiger partial charge is 0.255 e. The van der Waals surface area contributed by atoms with Gasteiger partial charge in [0.05, 0.1) is 0 Å². The van der Waals surface area contributed by atoms with E-state index < -0.39 is 0 Å². The molecular weight excluding hydrogens is 278 g/mol. The summed E-state index contributed by atoms with van der Waals surface area (Å²) in [6.45, 7) is 0.784. The van der Waals surface area contributed by atoms with E-state index in [0.29, 0.717) is 6.61 Å². The maximum atomic E-state index is 10.7. The highest BCUT2D eigenvalue weighted by Gasteiger charge is 1.97. The lowest BCUT2D eigenvalue weighted by atomic mass is 10.1. The van der Waals surface area contributed by atoms with Gasteiger partial charge in [-0.25, -0.2) is 0 Å². The van der Waals surface area contributed by atoms with E-state index in [2.05, 4.69) is 33.5 Å². The van der Waals surface area contributed by atoms with E-state index in [1.54, 1.807) is 0 Å². The van der Waals surface area contributed by atoms with E-state index in [1.165, 1.54) is 32.1 Å². The molecule has 0 unspecified atom stereocenters. The lowest BCUT2D eigenvalue weighted by Gasteiger charge is -2.02. The Labute approximate surface area is 106 Å². The number of rotatable bonds is 10. The SMILES string of the molecule is O=C(COCCCCCCCCBr)NS. The largest absolute Gasteiger partial charge is 0.372 e. The van der Waals surface area contributed by atoms with Gasteiger partial charge >= 0.3 is 0 Å². The molecule has 0 bridgehead atoms. The van der Waals surface area contributed by atoms with Gasteiger partial charge in [0.1, 0.15) is 6.61 Å². The van der Waals surface area contributed by atoms with Crippen LogP contribution in [0.3, 0.4) is 0 Å². The fourth-order valence-electron chi connectivity index (χ4n) is 1.20. The van der Waals surface area contributed by atoms with Crippen molar-refractivity contribution in [3.8, 4) is 0 Å². The highest BCUT2D eigenvalue weighted by Crippen LogP contribution is 2.06. The average molecular weight is 298 g/mol. The number of thiol groups is 1. The molecule has 0 aromatic heterocycles. The predicted molar refractivity (Wildman–Crippen MR) is 69.4 cm³/mol. The molecule has 0 saturated carbocycles. The summed E-state index contributed by atoms with van der Waals surface area (Å²) in [5, 5.41) is 1.11. The quantitative estimate of drug-likeness (QED) is 0.370. The van der Waals surface area contributed by atoms with E-state index in [1.807, 2.05) is 0 Å². The molecule has 3 nitrogen and oxygen atoms in total. The molecule has 0 aromatic carbocycles. The van der Waals surface area contributed by atoms with E-state index in [0.717, 1.165) is 11.8 Å². The topological polar surface area (TPSA) is 38.3 Å². The summed E-state index contributed by atoms with van der Waals surface area (Å²) < 4.78 is 7.36. The van der Waals surface area contributed by atoms with Crippen LogP contribution in [0.15, 0.2) is 0 Å². The van der Waals surface area contributed by atoms with Crippen LogP contribution < -0.4 is 4.72 Å². The van der Waals surface area contributed by atoms with Crippen molar-refractivity contribution in [3.63, 3.8) is 0 Å². The number of alkyl halides is 1. The van der Waals surface area contributed by atoms with Crippen LogP contribution in [0.25, 0.3) is 0 Å². The maximum Gasteiger partial charge on any atom is 0.255 e. The third-order valence-corrected chi connectivity index (χ3v) is 2.84. The number of ether oxygens (including phenoxy) is 1. The molecule has 1 amide bonds.